The van der Waals surface area contributed by atoms with E-state index in [0.717, 1.165) is 6.92 Å². The van der Waals surface area contributed by atoms with Gasteiger partial charge in [-0.15, -0.1) is 11.3 Å². The van der Waals surface area contributed by atoms with Gasteiger partial charge in [0.2, 0.25) is 0 Å². The number of aromatic nitrogens is 1. The fourth-order valence-electron chi connectivity index (χ4n) is 3.06. The highest BCUT2D eigenvalue weighted by atomic mass is 32.1. The van der Waals surface area contributed by atoms with Crippen molar-refractivity contribution in [3.05, 3.63) is 27.3 Å². The first-order valence-electron chi connectivity index (χ1n) is 13.2. The number of thiophene rings is 1. The van der Waals surface area contributed by atoms with Gasteiger partial charge in [0.1, 0.15) is 16.1 Å². The maximum atomic E-state index is 13.3. The molecule has 0 aliphatic carbocycles. The summed E-state index contributed by atoms with van der Waals surface area (Å²) in [5.74, 6) is -2.82. The highest BCUT2D eigenvalue weighted by Gasteiger charge is 2.23. The Morgan fingerprint density at radius 3 is 3.07 bits per heavy atom. The molecule has 1 aliphatic rings. The third-order valence-electron chi connectivity index (χ3n) is 4.66. The lowest BCUT2D eigenvalue weighted by Crippen LogP contribution is -2.37. The molecule has 3 heterocycles. The average molecular weight is 401 g/mol. The Balaban J connectivity index is 1.98. The van der Waals surface area contributed by atoms with E-state index >= 15 is 0 Å². The van der Waals surface area contributed by atoms with Gasteiger partial charge in [-0.2, -0.15) is 0 Å². The maximum Gasteiger partial charge on any atom is 0.268 e. The van der Waals surface area contributed by atoms with Crippen LogP contribution in [0, 0.1) is 5.89 Å². The van der Waals surface area contributed by atoms with Crippen LogP contribution in [0.3, 0.4) is 0 Å². The molecule has 3 rings (SSSR count). The van der Waals surface area contributed by atoms with Crippen molar-refractivity contribution in [2.45, 2.75) is 46.0 Å². The second-order valence-corrected chi connectivity index (χ2v) is 7.43. The molecule has 1 unspecified atom stereocenters. The molecular weight excluding hydrogens is 362 g/mol. The first-order valence-corrected chi connectivity index (χ1v) is 9.54. The van der Waals surface area contributed by atoms with Crippen LogP contribution in [0.5, 0.6) is 5.75 Å². The number of amides is 1. The quantitative estimate of drug-likeness (QED) is 0.781. The van der Waals surface area contributed by atoms with Crippen LogP contribution < -0.4 is 10.9 Å². The minimum Gasteiger partial charge on any atom is -0.506 e. The topological polar surface area (TPSA) is 74.6 Å². The Morgan fingerprint density at radius 2 is 2.37 bits per heavy atom. The Kier molecular flexibility index (Phi) is 3.51. The summed E-state index contributed by atoms with van der Waals surface area (Å²) in [7, 11) is 0. The fourth-order valence-corrected chi connectivity index (χ4v) is 3.88. The summed E-state index contributed by atoms with van der Waals surface area (Å²) in [6.45, 7) is -1.13. The number of pyridine rings is 1. The average Bonchev–Trinajstić information content (AvgIpc) is 3.00. The van der Waals surface area contributed by atoms with Gasteiger partial charge in [-0.25, -0.2) is 0 Å². The predicted octanol–water partition coefficient (Wildman–Crippen LogP) is 3.20. The molecule has 2 aromatic rings. The lowest BCUT2D eigenvalue weighted by atomic mass is 9.99. The van der Waals surface area contributed by atoms with Crippen molar-refractivity contribution < 1.29 is 22.2 Å². The molecule has 1 fully saturated rings. The van der Waals surface area contributed by atoms with Gasteiger partial charge in [-0.3, -0.25) is 14.2 Å². The minimum absolute atomic E-state index is 0.158. The molecule has 0 radical (unpaired) electrons. The molecular formula is C20H29N3O3S. The van der Waals surface area contributed by atoms with E-state index in [2.05, 4.69) is 5.32 Å². The second-order valence-electron chi connectivity index (χ2n) is 6.64. The largest absolute Gasteiger partial charge is 0.506 e. The Hall–Kier alpha value is -1.86. The summed E-state index contributed by atoms with van der Waals surface area (Å²) >= 11 is 0.521. The van der Waals surface area contributed by atoms with Crippen LogP contribution in [0.15, 0.2) is 16.2 Å². The third kappa shape index (κ3) is 4.19. The minimum atomic E-state index is -3.05. The Bertz CT molecular complexity index is 1230. The van der Waals surface area contributed by atoms with E-state index in [1.165, 1.54) is 0 Å². The molecule has 27 heavy (non-hydrogen) atoms. The van der Waals surface area contributed by atoms with Gasteiger partial charge >= 0.3 is 0 Å². The molecule has 7 heteroatoms. The zero-order valence-corrected chi connectivity index (χ0v) is 16.1. The van der Waals surface area contributed by atoms with Gasteiger partial charge < -0.3 is 15.3 Å². The van der Waals surface area contributed by atoms with E-state index < -0.39 is 64.8 Å². The van der Waals surface area contributed by atoms with Crippen molar-refractivity contribution in [2.75, 3.05) is 26.1 Å². The van der Waals surface area contributed by atoms with E-state index in [9.17, 15) is 14.7 Å². The summed E-state index contributed by atoms with van der Waals surface area (Å²) in [5.41, 5.74) is -2.34. The number of hydrogen-bond donors (Lipinski definition) is 2. The van der Waals surface area contributed by atoms with Gasteiger partial charge in [0.25, 0.3) is 11.5 Å². The van der Waals surface area contributed by atoms with Gasteiger partial charge in [0.05, 0.1) is 9.50 Å². The van der Waals surface area contributed by atoms with E-state index in [-0.39, 0.29) is 17.8 Å². The predicted molar refractivity (Wildman–Crippen MR) is 110 cm³/mol. The summed E-state index contributed by atoms with van der Waals surface area (Å²) < 4.78 is 72.5. The molecule has 1 saturated heterocycles. The normalized spacial score (nSPS) is 25.5. The van der Waals surface area contributed by atoms with Crippen LogP contribution >= 0.6 is 11.3 Å². The van der Waals surface area contributed by atoms with Gasteiger partial charge in [0, 0.05) is 20.7 Å². The van der Waals surface area contributed by atoms with Crippen molar-refractivity contribution in [3.8, 4) is 5.75 Å². The van der Waals surface area contributed by atoms with Crippen molar-refractivity contribution in [1.29, 1.82) is 0 Å². The molecule has 1 atom stereocenters. The lowest BCUT2D eigenvalue weighted by molar-refractivity contribution is 0.0946. The number of nitrogens with zero attached hydrogens (tertiary/aromatic N) is 2. The summed E-state index contributed by atoms with van der Waals surface area (Å²) in [5, 5.41) is 12.0. The van der Waals surface area contributed by atoms with Crippen LogP contribution in [0.2, 0.25) is 0 Å². The second kappa shape index (κ2) is 8.44. The summed E-state index contributed by atoms with van der Waals surface area (Å²) in [6.07, 6.45) is 1.09. The SMILES string of the molecule is [2H]c1sc2c(c1[2H])c(O)c(C(=O)NC([2H])([2H])CCN1CCC([2H])(C)CC1)c(=O)n2C([2H])(C)C([2H])([2H])[2H]. The number of fused-ring (bicyclic) bond motifs is 1. The standard InChI is InChI=1S/C20H29N3O3S/c1-13(2)23-19(26)16(17(24)15-7-12-27-20(15)23)18(25)21-8-4-9-22-10-5-14(3)6-11-22/h7,12-14,24H,4-6,8-11H2,1-3H3,(H,21,25)/i1D3,7D,8D2,12D,13D,14D. The number of nitrogens with one attached hydrogen (secondary N) is 1. The molecule has 0 aromatic carbocycles. The lowest BCUT2D eigenvalue weighted by Gasteiger charge is -2.30. The molecule has 0 saturated carbocycles. The smallest absolute Gasteiger partial charge is 0.268 e. The molecule has 2 aromatic heterocycles. The van der Waals surface area contributed by atoms with Crippen molar-refractivity contribution in [1.82, 2.24) is 14.8 Å². The highest BCUT2D eigenvalue weighted by Crippen LogP contribution is 2.31. The summed E-state index contributed by atoms with van der Waals surface area (Å²) in [4.78, 5) is 28.0. The molecule has 1 aliphatic heterocycles. The number of carbonyl (C=O) groups is 1. The Labute approximate surface area is 176 Å². The number of carbonyl (C=O) groups excluding carboxylic acids is 1. The van der Waals surface area contributed by atoms with Crippen molar-refractivity contribution >= 4 is 27.5 Å². The third-order valence-corrected chi connectivity index (χ3v) is 5.44. The van der Waals surface area contributed by atoms with E-state index in [0.29, 0.717) is 41.8 Å². The number of rotatable bonds is 6. The molecule has 148 valence electrons. The van der Waals surface area contributed by atoms with Crippen LogP contribution in [0.25, 0.3) is 10.2 Å². The fraction of sp³-hybridized carbons (Fsp3) is 0.600. The number of aromatic hydroxyl groups is 1. The van der Waals surface area contributed by atoms with Gasteiger partial charge in [-0.1, -0.05) is 6.92 Å². The van der Waals surface area contributed by atoms with Crippen LogP contribution in [0.4, 0.5) is 0 Å². The van der Waals surface area contributed by atoms with Crippen LogP contribution in [0.1, 0.15) is 68.7 Å². The highest BCUT2D eigenvalue weighted by molar-refractivity contribution is 7.16. The van der Waals surface area contributed by atoms with Gasteiger partial charge in [-0.05, 0) is 70.0 Å². The monoisotopic (exact) mass is 400 g/mol. The van der Waals surface area contributed by atoms with E-state index in [4.69, 9.17) is 12.3 Å². The van der Waals surface area contributed by atoms with Crippen molar-refractivity contribution in [3.63, 3.8) is 0 Å². The molecule has 1 amide bonds. The van der Waals surface area contributed by atoms with Crippen molar-refractivity contribution in [2.24, 2.45) is 5.89 Å². The number of likely N-dealkylation sites (tertiary alicyclic amines) is 1. The van der Waals surface area contributed by atoms with E-state index in [1.54, 1.807) is 0 Å². The Morgan fingerprint density at radius 1 is 1.63 bits per heavy atom. The van der Waals surface area contributed by atoms with E-state index in [1.807, 2.05) is 11.8 Å². The zero-order valence-electron chi connectivity index (χ0n) is 24.3. The van der Waals surface area contributed by atoms with Gasteiger partial charge in [0.15, 0.2) is 0 Å². The summed E-state index contributed by atoms with van der Waals surface area (Å²) in [6, 6.07) is -3.17. The molecule has 2 N–H and O–H groups in total. The number of hydrogen-bond acceptors (Lipinski definition) is 5. The maximum absolute atomic E-state index is 13.3. The van der Waals surface area contributed by atoms with Crippen LogP contribution in [-0.4, -0.2) is 46.6 Å². The zero-order chi connectivity index (χ0) is 27.4. The first-order chi connectivity index (χ1) is 16.3. The van der Waals surface area contributed by atoms with Crippen LogP contribution in [-0.2, 0) is 0 Å². The molecule has 6 nitrogen and oxygen atoms in total. The molecule has 0 spiro atoms. The number of piperidine rings is 1. The molecule has 0 bridgehead atoms. The first kappa shape index (κ1) is 11.2.